The third-order valence-electron chi connectivity index (χ3n) is 6.21. The second-order valence-electron chi connectivity index (χ2n) is 8.40. The van der Waals surface area contributed by atoms with Crippen LogP contribution in [-0.4, -0.2) is 74.5 Å². The van der Waals surface area contributed by atoms with Crippen molar-refractivity contribution in [2.24, 2.45) is 0 Å². The Labute approximate surface area is 200 Å². The van der Waals surface area contributed by atoms with Crippen LogP contribution in [0.5, 0.6) is 11.5 Å². The Hall–Kier alpha value is -3.36. The van der Waals surface area contributed by atoms with Crippen LogP contribution in [-0.2, 0) is 4.79 Å². The molecule has 2 heterocycles. The maximum atomic E-state index is 12.6. The van der Waals surface area contributed by atoms with Gasteiger partial charge in [-0.25, -0.2) is 0 Å². The van der Waals surface area contributed by atoms with Gasteiger partial charge < -0.3 is 29.9 Å². The largest absolute Gasteiger partial charge is 0.496 e. The normalized spacial score (nSPS) is 17.6. The predicted octanol–water partition coefficient (Wildman–Crippen LogP) is 2.82. The number of fused-ring (bicyclic) bond motifs is 1. The molecule has 1 fully saturated rings. The third-order valence-corrected chi connectivity index (χ3v) is 6.21. The number of piperazine rings is 1. The van der Waals surface area contributed by atoms with Crippen molar-refractivity contribution in [3.63, 3.8) is 0 Å². The molecule has 0 bridgehead atoms. The number of methoxy groups -OCH3 is 1. The number of benzene rings is 2. The van der Waals surface area contributed by atoms with Crippen molar-refractivity contribution in [1.82, 2.24) is 15.1 Å². The second-order valence-corrected chi connectivity index (χ2v) is 8.40. The highest BCUT2D eigenvalue weighted by atomic mass is 16.5. The number of rotatable bonds is 8. The van der Waals surface area contributed by atoms with E-state index in [1.807, 2.05) is 24.3 Å². The fourth-order valence-electron chi connectivity index (χ4n) is 4.16. The molecule has 2 aromatic rings. The zero-order chi connectivity index (χ0) is 23.9. The maximum absolute atomic E-state index is 12.6. The quantitative estimate of drug-likeness (QED) is 0.462. The van der Waals surface area contributed by atoms with Crippen LogP contribution in [0.4, 0.5) is 5.69 Å². The van der Waals surface area contributed by atoms with E-state index in [-0.39, 0.29) is 17.6 Å². The first kappa shape index (κ1) is 23.8. The van der Waals surface area contributed by atoms with Gasteiger partial charge in [0.05, 0.1) is 12.8 Å². The fraction of sp³-hybridized carbons (Fsp3) is 0.385. The number of anilines is 1. The lowest BCUT2D eigenvalue weighted by molar-refractivity contribution is -0.115. The van der Waals surface area contributed by atoms with Gasteiger partial charge >= 0.3 is 0 Å². The molecule has 0 atom stereocenters. The minimum Gasteiger partial charge on any atom is -0.496 e. The number of amides is 2. The summed E-state index contributed by atoms with van der Waals surface area (Å²) in [4.78, 5) is 30.1. The van der Waals surface area contributed by atoms with E-state index in [4.69, 9.17) is 9.47 Å². The summed E-state index contributed by atoms with van der Waals surface area (Å²) in [5, 5.41) is 5.79. The molecule has 2 aliphatic rings. The van der Waals surface area contributed by atoms with Crippen LogP contribution in [0.2, 0.25) is 0 Å². The average molecular weight is 465 g/mol. The van der Waals surface area contributed by atoms with Gasteiger partial charge in [0.1, 0.15) is 5.75 Å². The molecule has 2 amide bonds. The number of likely N-dealkylation sites (N-methyl/N-ethyl adjacent to an activating group) is 1. The monoisotopic (exact) mass is 464 g/mol. The highest BCUT2D eigenvalue weighted by Crippen LogP contribution is 2.33. The van der Waals surface area contributed by atoms with Crippen molar-refractivity contribution in [1.29, 1.82) is 0 Å². The van der Waals surface area contributed by atoms with Gasteiger partial charge in [0.2, 0.25) is 0 Å². The third kappa shape index (κ3) is 5.76. The summed E-state index contributed by atoms with van der Waals surface area (Å²) in [6, 6.07) is 12.4. The van der Waals surface area contributed by atoms with E-state index in [2.05, 4.69) is 27.4 Å². The van der Waals surface area contributed by atoms with E-state index in [1.54, 1.807) is 31.4 Å². The molecule has 34 heavy (non-hydrogen) atoms. The molecule has 8 heteroatoms. The average Bonchev–Trinajstić information content (AvgIpc) is 2.87. The number of hydrogen-bond acceptors (Lipinski definition) is 6. The lowest BCUT2D eigenvalue weighted by Gasteiger charge is -2.33. The number of carbonyl (C=O) groups is 2. The van der Waals surface area contributed by atoms with Gasteiger partial charge in [-0.15, -0.1) is 0 Å². The summed E-state index contributed by atoms with van der Waals surface area (Å²) in [5.41, 5.74) is 1.70. The van der Waals surface area contributed by atoms with E-state index < -0.39 is 0 Å². The van der Waals surface area contributed by atoms with Crippen molar-refractivity contribution in [2.75, 3.05) is 58.2 Å². The van der Waals surface area contributed by atoms with Crippen LogP contribution < -0.4 is 20.1 Å². The molecular formula is C26H32N4O4. The highest BCUT2D eigenvalue weighted by Gasteiger charge is 2.24. The fourth-order valence-corrected chi connectivity index (χ4v) is 4.16. The van der Waals surface area contributed by atoms with Crippen LogP contribution in [0.3, 0.4) is 0 Å². The zero-order valence-corrected chi connectivity index (χ0v) is 19.8. The van der Waals surface area contributed by atoms with Gasteiger partial charge in [-0.1, -0.05) is 25.1 Å². The van der Waals surface area contributed by atoms with Gasteiger partial charge in [-0.3, -0.25) is 9.59 Å². The van der Waals surface area contributed by atoms with E-state index in [0.29, 0.717) is 29.3 Å². The first-order chi connectivity index (χ1) is 16.6. The summed E-state index contributed by atoms with van der Waals surface area (Å²) in [5.74, 6) is 0.757. The number of nitrogens with zero attached hydrogens (tertiary/aromatic N) is 2. The molecule has 0 unspecified atom stereocenters. The van der Waals surface area contributed by atoms with Gasteiger partial charge in [0, 0.05) is 43.9 Å². The van der Waals surface area contributed by atoms with E-state index >= 15 is 0 Å². The van der Waals surface area contributed by atoms with Crippen LogP contribution in [0.15, 0.2) is 48.2 Å². The van der Waals surface area contributed by atoms with E-state index in [9.17, 15) is 9.59 Å². The minimum absolute atomic E-state index is 0.161. The minimum atomic E-state index is -0.376. The summed E-state index contributed by atoms with van der Waals surface area (Å²) >= 11 is 0. The van der Waals surface area contributed by atoms with E-state index in [1.165, 1.54) is 0 Å². The SMILES string of the molecule is CCN1CCN(CCCNC(=O)c2ccc3c(c2)NC(=O)C(=Cc2ccccc2OC)O3)CC1. The molecule has 0 radical (unpaired) electrons. The standard InChI is InChI=1S/C26H32N4O4/c1-3-29-13-15-30(16-14-29)12-6-11-27-25(31)20-9-10-23-21(17-20)28-26(32)24(34-23)18-19-7-4-5-8-22(19)33-2/h4-5,7-10,17-18H,3,6,11-16H2,1-2H3,(H,27,31)(H,28,32). The molecule has 180 valence electrons. The van der Waals surface area contributed by atoms with Crippen molar-refractivity contribution in [3.8, 4) is 11.5 Å². The Kier molecular flexibility index (Phi) is 7.82. The topological polar surface area (TPSA) is 83.1 Å². The molecular weight excluding hydrogens is 432 g/mol. The summed E-state index contributed by atoms with van der Waals surface area (Å²) in [6.45, 7) is 9.28. The number of hydrogen-bond donors (Lipinski definition) is 2. The Balaban J connectivity index is 1.31. The Morgan fingerprint density at radius 2 is 1.91 bits per heavy atom. The lowest BCUT2D eigenvalue weighted by atomic mass is 10.1. The smallest absolute Gasteiger partial charge is 0.291 e. The number of carbonyl (C=O) groups excluding carboxylic acids is 2. The predicted molar refractivity (Wildman–Crippen MR) is 132 cm³/mol. The van der Waals surface area contributed by atoms with Crippen molar-refractivity contribution in [2.45, 2.75) is 13.3 Å². The molecule has 2 N–H and O–H groups in total. The van der Waals surface area contributed by atoms with E-state index in [0.717, 1.165) is 51.3 Å². The molecule has 0 spiro atoms. The maximum Gasteiger partial charge on any atom is 0.291 e. The van der Waals surface area contributed by atoms with Crippen molar-refractivity contribution >= 4 is 23.6 Å². The number of nitrogens with one attached hydrogen (secondary N) is 2. The first-order valence-electron chi connectivity index (χ1n) is 11.8. The summed E-state index contributed by atoms with van der Waals surface area (Å²) in [6.07, 6.45) is 2.54. The van der Waals surface area contributed by atoms with Crippen LogP contribution in [0, 0.1) is 0 Å². The Bertz CT molecular complexity index is 1060. The second kappa shape index (κ2) is 11.2. The van der Waals surface area contributed by atoms with Gasteiger partial charge in [-0.05, 0) is 49.9 Å². The lowest BCUT2D eigenvalue weighted by Crippen LogP contribution is -2.46. The Morgan fingerprint density at radius 3 is 2.68 bits per heavy atom. The number of para-hydroxylation sites is 1. The van der Waals surface area contributed by atoms with Crippen molar-refractivity contribution < 1.29 is 19.1 Å². The molecule has 0 saturated carbocycles. The molecule has 0 aliphatic carbocycles. The Morgan fingerprint density at radius 1 is 1.15 bits per heavy atom. The van der Waals surface area contributed by atoms with Crippen molar-refractivity contribution in [3.05, 3.63) is 59.4 Å². The molecule has 2 aliphatic heterocycles. The highest BCUT2D eigenvalue weighted by molar-refractivity contribution is 6.09. The zero-order valence-electron chi connectivity index (χ0n) is 19.8. The summed E-state index contributed by atoms with van der Waals surface area (Å²) in [7, 11) is 1.58. The number of ether oxygens (including phenoxy) is 2. The first-order valence-corrected chi connectivity index (χ1v) is 11.8. The van der Waals surface area contributed by atoms with Gasteiger partial charge in [0.25, 0.3) is 11.8 Å². The molecule has 4 rings (SSSR count). The molecule has 8 nitrogen and oxygen atoms in total. The molecule has 2 aromatic carbocycles. The van der Waals surface area contributed by atoms with Crippen LogP contribution in [0.1, 0.15) is 29.3 Å². The molecule has 0 aromatic heterocycles. The molecule has 1 saturated heterocycles. The van der Waals surface area contributed by atoms with Gasteiger partial charge in [-0.2, -0.15) is 0 Å². The van der Waals surface area contributed by atoms with Crippen LogP contribution in [0.25, 0.3) is 6.08 Å². The van der Waals surface area contributed by atoms with Gasteiger partial charge in [0.15, 0.2) is 11.5 Å². The summed E-state index contributed by atoms with van der Waals surface area (Å²) < 4.78 is 11.2. The van der Waals surface area contributed by atoms with Crippen LogP contribution >= 0.6 is 0 Å².